The van der Waals surface area contributed by atoms with Crippen LogP contribution in [-0.4, -0.2) is 49.2 Å². The highest BCUT2D eigenvalue weighted by atomic mass is 79.9. The first-order valence-corrected chi connectivity index (χ1v) is 7.38. The van der Waals surface area contributed by atoms with E-state index in [0.29, 0.717) is 0 Å². The molecule has 0 aromatic carbocycles. The molecule has 4 nitrogen and oxygen atoms in total. The number of nitrogens with two attached hydrogens (primary N) is 1. The van der Waals surface area contributed by atoms with Crippen molar-refractivity contribution in [3.8, 4) is 0 Å². The quantitative estimate of drug-likeness (QED) is 0.919. The summed E-state index contributed by atoms with van der Waals surface area (Å²) >= 11 is 3.58. The summed E-state index contributed by atoms with van der Waals surface area (Å²) in [5, 5.41) is 0. The van der Waals surface area contributed by atoms with Crippen molar-refractivity contribution in [1.29, 1.82) is 0 Å². The number of anilines is 1. The molecule has 5 heteroatoms. The first kappa shape index (κ1) is 13.8. The molecular weight excluding hydrogens is 292 g/mol. The average molecular weight is 313 g/mol. The lowest BCUT2D eigenvalue weighted by molar-refractivity contribution is 0.291. The molecule has 0 aliphatic carbocycles. The normalized spacial score (nSPS) is 17.8. The minimum Gasteiger partial charge on any atom is -0.354 e. The van der Waals surface area contributed by atoms with Crippen molar-refractivity contribution in [2.24, 2.45) is 5.73 Å². The Hall–Kier alpha value is -0.650. The minimum absolute atomic E-state index is 0.784. The Kier molecular flexibility index (Phi) is 5.41. The van der Waals surface area contributed by atoms with E-state index >= 15 is 0 Å². The van der Waals surface area contributed by atoms with E-state index in [0.717, 1.165) is 49.4 Å². The van der Waals surface area contributed by atoms with Crippen molar-refractivity contribution >= 4 is 21.7 Å². The first-order chi connectivity index (χ1) is 8.81. The zero-order valence-corrected chi connectivity index (χ0v) is 12.3. The molecule has 1 aromatic rings. The lowest BCUT2D eigenvalue weighted by atomic mass is 10.3. The van der Waals surface area contributed by atoms with Gasteiger partial charge in [0.25, 0.3) is 0 Å². The fraction of sp³-hybridized carbons (Fsp3) is 0.615. The zero-order chi connectivity index (χ0) is 12.8. The van der Waals surface area contributed by atoms with Gasteiger partial charge in [-0.2, -0.15) is 0 Å². The summed E-state index contributed by atoms with van der Waals surface area (Å²) in [6.07, 6.45) is 4.14. The lowest BCUT2D eigenvalue weighted by Crippen LogP contribution is -2.32. The summed E-state index contributed by atoms with van der Waals surface area (Å²) in [4.78, 5) is 9.34. The largest absolute Gasteiger partial charge is 0.354 e. The summed E-state index contributed by atoms with van der Waals surface area (Å²) in [6, 6.07) is 4.01. The van der Waals surface area contributed by atoms with Crippen LogP contribution in [0.4, 0.5) is 5.82 Å². The Morgan fingerprint density at radius 3 is 2.94 bits per heavy atom. The summed E-state index contributed by atoms with van der Waals surface area (Å²) < 4.78 is 1.08. The van der Waals surface area contributed by atoms with E-state index in [1.165, 1.54) is 13.0 Å². The molecule has 2 rings (SSSR count). The second-order valence-corrected chi connectivity index (χ2v) is 5.49. The SMILES string of the molecule is NCCCN1CCCN(c2ncccc2Br)CC1. The average Bonchev–Trinajstić information content (AvgIpc) is 2.62. The maximum absolute atomic E-state index is 5.57. The van der Waals surface area contributed by atoms with Crippen LogP contribution in [-0.2, 0) is 0 Å². The molecule has 2 heterocycles. The highest BCUT2D eigenvalue weighted by Crippen LogP contribution is 2.23. The molecule has 0 spiro atoms. The second-order valence-electron chi connectivity index (χ2n) is 4.63. The van der Waals surface area contributed by atoms with Crippen LogP contribution in [0.1, 0.15) is 12.8 Å². The monoisotopic (exact) mass is 312 g/mol. The van der Waals surface area contributed by atoms with Crippen LogP contribution in [0.15, 0.2) is 22.8 Å². The number of halogens is 1. The fourth-order valence-corrected chi connectivity index (χ4v) is 2.84. The van der Waals surface area contributed by atoms with Crippen LogP contribution in [0, 0.1) is 0 Å². The van der Waals surface area contributed by atoms with Crippen LogP contribution in [0.25, 0.3) is 0 Å². The zero-order valence-electron chi connectivity index (χ0n) is 10.7. The molecule has 100 valence electrons. The number of rotatable bonds is 4. The first-order valence-electron chi connectivity index (χ1n) is 6.59. The molecule has 2 N–H and O–H groups in total. The van der Waals surface area contributed by atoms with E-state index in [1.807, 2.05) is 12.3 Å². The molecule has 1 fully saturated rings. The number of pyridine rings is 1. The number of hydrogen-bond acceptors (Lipinski definition) is 4. The van der Waals surface area contributed by atoms with E-state index < -0.39 is 0 Å². The van der Waals surface area contributed by atoms with Gasteiger partial charge in [-0.15, -0.1) is 0 Å². The van der Waals surface area contributed by atoms with Crippen molar-refractivity contribution in [3.63, 3.8) is 0 Å². The van der Waals surface area contributed by atoms with E-state index in [-0.39, 0.29) is 0 Å². The molecule has 0 amide bonds. The Labute approximate surface area is 117 Å². The van der Waals surface area contributed by atoms with Crippen LogP contribution < -0.4 is 10.6 Å². The van der Waals surface area contributed by atoms with Crippen LogP contribution in [0.5, 0.6) is 0 Å². The van der Waals surface area contributed by atoms with Gasteiger partial charge in [0.1, 0.15) is 5.82 Å². The molecule has 0 unspecified atom stereocenters. The van der Waals surface area contributed by atoms with Gasteiger partial charge in [0.2, 0.25) is 0 Å². The Bertz CT molecular complexity index is 372. The molecule has 1 saturated heterocycles. The molecule has 1 aliphatic heterocycles. The van der Waals surface area contributed by atoms with Crippen molar-refractivity contribution in [1.82, 2.24) is 9.88 Å². The highest BCUT2D eigenvalue weighted by molar-refractivity contribution is 9.10. The third-order valence-electron chi connectivity index (χ3n) is 3.31. The third-order valence-corrected chi connectivity index (χ3v) is 3.92. The number of nitrogens with zero attached hydrogens (tertiary/aromatic N) is 3. The Balaban J connectivity index is 1.95. The predicted octanol–water partition coefficient (Wildman–Crippen LogP) is 1.71. The topological polar surface area (TPSA) is 45.4 Å². The van der Waals surface area contributed by atoms with Gasteiger partial charge >= 0.3 is 0 Å². The summed E-state index contributed by atoms with van der Waals surface area (Å²) in [5.41, 5.74) is 5.57. The van der Waals surface area contributed by atoms with Gasteiger partial charge in [0.15, 0.2) is 0 Å². The van der Waals surface area contributed by atoms with Crippen LogP contribution in [0.2, 0.25) is 0 Å². The van der Waals surface area contributed by atoms with E-state index in [4.69, 9.17) is 5.73 Å². The molecule has 18 heavy (non-hydrogen) atoms. The minimum atomic E-state index is 0.784. The van der Waals surface area contributed by atoms with Crippen molar-refractivity contribution in [3.05, 3.63) is 22.8 Å². The van der Waals surface area contributed by atoms with E-state index in [1.54, 1.807) is 0 Å². The van der Waals surface area contributed by atoms with Gasteiger partial charge in [0.05, 0.1) is 4.47 Å². The molecular formula is C13H21BrN4. The summed E-state index contributed by atoms with van der Waals surface area (Å²) in [7, 11) is 0. The van der Waals surface area contributed by atoms with Gasteiger partial charge in [0, 0.05) is 25.8 Å². The maximum atomic E-state index is 5.57. The number of hydrogen-bond donors (Lipinski definition) is 1. The van der Waals surface area contributed by atoms with Gasteiger partial charge in [-0.1, -0.05) is 0 Å². The van der Waals surface area contributed by atoms with Crippen molar-refractivity contribution in [2.75, 3.05) is 44.2 Å². The number of aromatic nitrogens is 1. The standard InChI is InChI=1S/C13H21BrN4/c14-12-4-1-6-16-13(12)18-9-3-8-17(10-11-18)7-2-5-15/h1,4,6H,2-3,5,7-11,15H2. The molecule has 0 radical (unpaired) electrons. The summed E-state index contributed by atoms with van der Waals surface area (Å²) in [6.45, 7) is 6.29. The second kappa shape index (κ2) is 7.07. The van der Waals surface area contributed by atoms with Crippen LogP contribution >= 0.6 is 15.9 Å². The van der Waals surface area contributed by atoms with Crippen molar-refractivity contribution in [2.45, 2.75) is 12.8 Å². The Morgan fingerprint density at radius 1 is 1.28 bits per heavy atom. The van der Waals surface area contributed by atoms with E-state index in [9.17, 15) is 0 Å². The van der Waals surface area contributed by atoms with Gasteiger partial charge in [-0.25, -0.2) is 4.98 Å². The van der Waals surface area contributed by atoms with Gasteiger partial charge in [-0.05, 0) is 60.5 Å². The smallest absolute Gasteiger partial charge is 0.142 e. The Morgan fingerprint density at radius 2 is 2.17 bits per heavy atom. The highest BCUT2D eigenvalue weighted by Gasteiger charge is 2.16. The maximum Gasteiger partial charge on any atom is 0.142 e. The lowest BCUT2D eigenvalue weighted by Gasteiger charge is -2.23. The molecule has 0 bridgehead atoms. The molecule has 1 aliphatic rings. The molecule has 0 atom stereocenters. The van der Waals surface area contributed by atoms with E-state index in [2.05, 4.69) is 36.8 Å². The van der Waals surface area contributed by atoms with Gasteiger partial charge < -0.3 is 15.5 Å². The summed E-state index contributed by atoms with van der Waals surface area (Å²) in [5.74, 6) is 1.07. The third kappa shape index (κ3) is 3.67. The van der Waals surface area contributed by atoms with Crippen LogP contribution in [0.3, 0.4) is 0 Å². The molecule has 0 saturated carbocycles. The predicted molar refractivity (Wildman–Crippen MR) is 78.9 cm³/mol. The molecule has 1 aromatic heterocycles. The van der Waals surface area contributed by atoms with Crippen molar-refractivity contribution < 1.29 is 0 Å². The van der Waals surface area contributed by atoms with Gasteiger partial charge in [-0.3, -0.25) is 0 Å². The fourth-order valence-electron chi connectivity index (χ4n) is 2.33.